The number of imidazole rings is 1. The van der Waals surface area contributed by atoms with Crippen molar-refractivity contribution in [2.45, 2.75) is 39.2 Å². The summed E-state index contributed by atoms with van der Waals surface area (Å²) in [6.07, 6.45) is 5.80. The lowest BCUT2D eigenvalue weighted by atomic mass is 10.0. The van der Waals surface area contributed by atoms with Crippen LogP contribution in [0.4, 0.5) is 0 Å². The third kappa shape index (κ3) is 3.75. The number of amides is 2. The Bertz CT molecular complexity index is 696. The molecule has 0 saturated carbocycles. The van der Waals surface area contributed by atoms with Gasteiger partial charge in [0.05, 0.1) is 0 Å². The SMILES string of the molecule is CC(C)CC(=O)N1CCC(NC(=O)c2cn3ccccc3n2)CC1. The minimum absolute atomic E-state index is 0.102. The molecule has 2 aromatic heterocycles. The van der Waals surface area contributed by atoms with E-state index in [4.69, 9.17) is 0 Å². The average molecular weight is 328 g/mol. The zero-order valence-electron chi connectivity index (χ0n) is 14.2. The normalized spacial score (nSPS) is 15.9. The fourth-order valence-corrected chi connectivity index (χ4v) is 3.05. The van der Waals surface area contributed by atoms with Crippen LogP contribution in [0.25, 0.3) is 5.65 Å². The smallest absolute Gasteiger partial charge is 0.271 e. The molecule has 1 N–H and O–H groups in total. The minimum Gasteiger partial charge on any atom is -0.348 e. The zero-order chi connectivity index (χ0) is 17.1. The fourth-order valence-electron chi connectivity index (χ4n) is 3.05. The highest BCUT2D eigenvalue weighted by molar-refractivity contribution is 5.93. The molecule has 0 unspecified atom stereocenters. The van der Waals surface area contributed by atoms with Gasteiger partial charge in [-0.15, -0.1) is 0 Å². The highest BCUT2D eigenvalue weighted by atomic mass is 16.2. The van der Waals surface area contributed by atoms with Crippen molar-refractivity contribution in [2.75, 3.05) is 13.1 Å². The van der Waals surface area contributed by atoms with Crippen LogP contribution in [-0.4, -0.2) is 45.2 Å². The van der Waals surface area contributed by atoms with Crippen LogP contribution in [0.3, 0.4) is 0 Å². The molecule has 1 fully saturated rings. The van der Waals surface area contributed by atoms with Crippen LogP contribution < -0.4 is 5.32 Å². The first kappa shape index (κ1) is 16.5. The molecule has 1 saturated heterocycles. The van der Waals surface area contributed by atoms with Gasteiger partial charge < -0.3 is 14.6 Å². The van der Waals surface area contributed by atoms with Crippen LogP contribution in [0.1, 0.15) is 43.6 Å². The molecule has 3 rings (SSSR count). The summed E-state index contributed by atoms with van der Waals surface area (Å²) >= 11 is 0. The number of hydrogen-bond acceptors (Lipinski definition) is 3. The number of aromatic nitrogens is 2. The van der Waals surface area contributed by atoms with Crippen molar-refractivity contribution in [2.24, 2.45) is 5.92 Å². The Morgan fingerprint density at radius 2 is 2.04 bits per heavy atom. The molecule has 0 bridgehead atoms. The maximum Gasteiger partial charge on any atom is 0.271 e. The Labute approximate surface area is 141 Å². The third-order valence-electron chi connectivity index (χ3n) is 4.36. The van der Waals surface area contributed by atoms with Gasteiger partial charge in [0.1, 0.15) is 11.3 Å². The van der Waals surface area contributed by atoms with E-state index in [2.05, 4.69) is 24.1 Å². The Morgan fingerprint density at radius 3 is 2.71 bits per heavy atom. The lowest BCUT2D eigenvalue weighted by Gasteiger charge is -2.32. The maximum atomic E-state index is 12.4. The van der Waals surface area contributed by atoms with Gasteiger partial charge in [-0.25, -0.2) is 4.98 Å². The van der Waals surface area contributed by atoms with E-state index in [0.29, 0.717) is 31.1 Å². The van der Waals surface area contributed by atoms with Crippen LogP contribution in [0.5, 0.6) is 0 Å². The Morgan fingerprint density at radius 1 is 1.29 bits per heavy atom. The molecule has 0 atom stereocenters. The second kappa shape index (κ2) is 7.03. The van der Waals surface area contributed by atoms with E-state index in [1.54, 1.807) is 6.20 Å². The van der Waals surface area contributed by atoms with E-state index >= 15 is 0 Å². The molecular formula is C18H24N4O2. The first-order valence-electron chi connectivity index (χ1n) is 8.55. The Hall–Kier alpha value is -2.37. The predicted molar refractivity (Wildman–Crippen MR) is 91.7 cm³/mol. The fraction of sp³-hybridized carbons (Fsp3) is 0.500. The summed E-state index contributed by atoms with van der Waals surface area (Å²) in [5.74, 6) is 0.450. The molecule has 24 heavy (non-hydrogen) atoms. The number of nitrogens with one attached hydrogen (secondary N) is 1. The molecule has 6 heteroatoms. The lowest BCUT2D eigenvalue weighted by molar-refractivity contribution is -0.133. The average Bonchev–Trinajstić information content (AvgIpc) is 2.99. The van der Waals surface area contributed by atoms with Gasteiger partial charge in [-0.05, 0) is 30.9 Å². The van der Waals surface area contributed by atoms with Crippen molar-refractivity contribution >= 4 is 17.5 Å². The second-order valence-electron chi connectivity index (χ2n) is 6.82. The van der Waals surface area contributed by atoms with Crippen molar-refractivity contribution in [3.63, 3.8) is 0 Å². The van der Waals surface area contributed by atoms with E-state index in [-0.39, 0.29) is 17.9 Å². The molecule has 1 aliphatic rings. The van der Waals surface area contributed by atoms with Crippen molar-refractivity contribution in [3.8, 4) is 0 Å². The number of fused-ring (bicyclic) bond motifs is 1. The predicted octanol–water partition coefficient (Wildman–Crippen LogP) is 2.10. The van der Waals surface area contributed by atoms with Crippen molar-refractivity contribution in [1.29, 1.82) is 0 Å². The number of rotatable bonds is 4. The summed E-state index contributed by atoms with van der Waals surface area (Å²) in [7, 11) is 0. The summed E-state index contributed by atoms with van der Waals surface area (Å²) in [5.41, 5.74) is 1.19. The molecule has 1 aliphatic heterocycles. The monoisotopic (exact) mass is 328 g/mol. The Balaban J connectivity index is 1.54. The molecule has 3 heterocycles. The van der Waals surface area contributed by atoms with Crippen LogP contribution in [-0.2, 0) is 4.79 Å². The van der Waals surface area contributed by atoms with Crippen LogP contribution in [0.15, 0.2) is 30.6 Å². The van der Waals surface area contributed by atoms with Crippen LogP contribution in [0.2, 0.25) is 0 Å². The quantitative estimate of drug-likeness (QED) is 0.934. The zero-order valence-corrected chi connectivity index (χ0v) is 14.2. The molecule has 0 aliphatic carbocycles. The van der Waals surface area contributed by atoms with Gasteiger partial charge in [-0.2, -0.15) is 0 Å². The van der Waals surface area contributed by atoms with Gasteiger partial charge in [-0.1, -0.05) is 19.9 Å². The number of nitrogens with zero attached hydrogens (tertiary/aromatic N) is 3. The van der Waals surface area contributed by atoms with Gasteiger partial charge in [0, 0.05) is 37.9 Å². The standard InChI is InChI=1S/C18H24N4O2/c1-13(2)11-17(23)21-9-6-14(7-10-21)19-18(24)15-12-22-8-4-3-5-16(22)20-15/h3-5,8,12-14H,6-7,9-11H2,1-2H3,(H,19,24). The largest absolute Gasteiger partial charge is 0.348 e. The number of hydrogen-bond donors (Lipinski definition) is 1. The molecule has 0 spiro atoms. The summed E-state index contributed by atoms with van der Waals surface area (Å²) < 4.78 is 1.84. The van der Waals surface area contributed by atoms with Gasteiger partial charge >= 0.3 is 0 Å². The summed E-state index contributed by atoms with van der Waals surface area (Å²) in [6.45, 7) is 5.53. The van der Waals surface area contributed by atoms with E-state index < -0.39 is 0 Å². The van der Waals surface area contributed by atoms with Crippen LogP contribution in [0, 0.1) is 5.92 Å². The number of piperidine rings is 1. The van der Waals surface area contributed by atoms with Crippen molar-refractivity contribution < 1.29 is 9.59 Å². The van der Waals surface area contributed by atoms with Crippen molar-refractivity contribution in [1.82, 2.24) is 19.6 Å². The summed E-state index contributed by atoms with van der Waals surface area (Å²) in [5, 5.41) is 3.04. The van der Waals surface area contributed by atoms with Gasteiger partial charge in [0.25, 0.3) is 5.91 Å². The summed E-state index contributed by atoms with van der Waals surface area (Å²) in [4.78, 5) is 30.7. The third-order valence-corrected chi connectivity index (χ3v) is 4.36. The molecular weight excluding hydrogens is 304 g/mol. The van der Waals surface area contributed by atoms with Gasteiger partial charge in [0.15, 0.2) is 0 Å². The molecule has 2 amide bonds. The van der Waals surface area contributed by atoms with Gasteiger partial charge in [-0.3, -0.25) is 9.59 Å². The highest BCUT2D eigenvalue weighted by Crippen LogP contribution is 2.14. The lowest BCUT2D eigenvalue weighted by Crippen LogP contribution is -2.46. The topological polar surface area (TPSA) is 66.7 Å². The Kier molecular flexibility index (Phi) is 4.83. The number of likely N-dealkylation sites (tertiary alicyclic amines) is 1. The van der Waals surface area contributed by atoms with E-state index in [9.17, 15) is 9.59 Å². The van der Waals surface area contributed by atoms with Crippen molar-refractivity contribution in [3.05, 3.63) is 36.3 Å². The van der Waals surface area contributed by atoms with Crippen LogP contribution >= 0.6 is 0 Å². The van der Waals surface area contributed by atoms with E-state index in [0.717, 1.165) is 18.5 Å². The maximum absolute atomic E-state index is 12.4. The number of pyridine rings is 1. The first-order chi connectivity index (χ1) is 11.5. The molecule has 6 nitrogen and oxygen atoms in total. The van der Waals surface area contributed by atoms with Gasteiger partial charge in [0.2, 0.25) is 5.91 Å². The number of carbonyl (C=O) groups excluding carboxylic acids is 2. The summed E-state index contributed by atoms with van der Waals surface area (Å²) in [6, 6.07) is 5.77. The molecule has 128 valence electrons. The molecule has 0 radical (unpaired) electrons. The highest BCUT2D eigenvalue weighted by Gasteiger charge is 2.25. The first-order valence-corrected chi connectivity index (χ1v) is 8.55. The minimum atomic E-state index is -0.148. The molecule has 2 aromatic rings. The second-order valence-corrected chi connectivity index (χ2v) is 6.82. The van der Waals surface area contributed by atoms with E-state index in [1.165, 1.54) is 0 Å². The van der Waals surface area contributed by atoms with E-state index in [1.807, 2.05) is 33.7 Å². The number of carbonyl (C=O) groups is 2. The molecule has 0 aromatic carbocycles.